The average Bonchev–Trinajstić information content (AvgIpc) is 3.65. The van der Waals surface area contributed by atoms with E-state index in [1.165, 1.54) is 58.3 Å². The van der Waals surface area contributed by atoms with Crippen LogP contribution < -0.4 is 14.9 Å². The number of nitrogens with zero attached hydrogens (tertiary/aromatic N) is 1. The minimum absolute atomic E-state index is 0.0185. The number of anilines is 1. The van der Waals surface area contributed by atoms with Crippen molar-refractivity contribution < 1.29 is 36.3 Å². The first-order chi connectivity index (χ1) is 18.3. The van der Waals surface area contributed by atoms with Crippen LogP contribution in [0.25, 0.3) is 22.3 Å². The minimum Gasteiger partial charge on any atom is -0.467 e. The zero-order valence-electron chi connectivity index (χ0n) is 22.3. The van der Waals surface area contributed by atoms with E-state index in [9.17, 15) is 27.2 Å². The fourth-order valence-electron chi connectivity index (χ4n) is 4.45. The van der Waals surface area contributed by atoms with Gasteiger partial charge in [0.25, 0.3) is 5.91 Å². The van der Waals surface area contributed by atoms with Crippen LogP contribution in [0.3, 0.4) is 0 Å². The second-order valence-electron chi connectivity index (χ2n) is 10.0. The van der Waals surface area contributed by atoms with Crippen molar-refractivity contribution in [1.82, 2.24) is 10.6 Å². The van der Waals surface area contributed by atoms with Crippen LogP contribution in [0.15, 0.2) is 40.8 Å². The predicted octanol–water partition coefficient (Wildman–Crippen LogP) is 3.31. The van der Waals surface area contributed by atoms with Gasteiger partial charge in [0.15, 0.2) is 0 Å². The number of rotatable bonds is 9. The van der Waals surface area contributed by atoms with Crippen molar-refractivity contribution in [1.29, 1.82) is 0 Å². The molecule has 208 valence electrons. The molecule has 39 heavy (non-hydrogen) atoms. The molecule has 1 fully saturated rings. The number of sulfonamides is 1. The zero-order chi connectivity index (χ0) is 28.7. The van der Waals surface area contributed by atoms with E-state index in [1.807, 2.05) is 0 Å². The van der Waals surface area contributed by atoms with Gasteiger partial charge < -0.3 is 19.8 Å². The van der Waals surface area contributed by atoms with Gasteiger partial charge in [-0.1, -0.05) is 0 Å². The standard InChI is InChI=1S/C27H30FN3O7S/c1-27(2,26(34)37-4)30-22(32)14-31(39(5,35)36)20-13-21-19(12-18(20)15-6-7-15)23(25(33)29-3)24(38-21)16-8-10-17(28)11-9-16/h8-13,15H,6-7,14H2,1-5H3,(H,29,33)(H,30,32). The van der Waals surface area contributed by atoms with E-state index in [0.29, 0.717) is 16.5 Å². The lowest BCUT2D eigenvalue weighted by molar-refractivity contribution is -0.149. The van der Waals surface area contributed by atoms with E-state index in [2.05, 4.69) is 10.6 Å². The third-order valence-electron chi connectivity index (χ3n) is 6.52. The van der Waals surface area contributed by atoms with Crippen molar-refractivity contribution in [3.63, 3.8) is 0 Å². The van der Waals surface area contributed by atoms with Crippen LogP contribution in [0.4, 0.5) is 10.1 Å². The highest BCUT2D eigenvalue weighted by Gasteiger charge is 2.36. The van der Waals surface area contributed by atoms with Gasteiger partial charge in [-0.2, -0.15) is 0 Å². The summed E-state index contributed by atoms with van der Waals surface area (Å²) in [5.74, 6) is -2.06. The maximum absolute atomic E-state index is 13.6. The van der Waals surface area contributed by atoms with E-state index in [1.54, 1.807) is 6.07 Å². The first-order valence-electron chi connectivity index (χ1n) is 12.2. The lowest BCUT2D eigenvalue weighted by Crippen LogP contribution is -2.53. The van der Waals surface area contributed by atoms with Gasteiger partial charge in [-0.05, 0) is 68.5 Å². The number of nitrogens with one attached hydrogen (secondary N) is 2. The molecule has 2 N–H and O–H groups in total. The number of amides is 2. The van der Waals surface area contributed by atoms with Gasteiger partial charge in [-0.25, -0.2) is 17.6 Å². The number of ether oxygens (including phenoxy) is 1. The molecule has 0 bridgehead atoms. The maximum atomic E-state index is 13.6. The van der Waals surface area contributed by atoms with E-state index in [-0.39, 0.29) is 28.5 Å². The fourth-order valence-corrected chi connectivity index (χ4v) is 5.31. The molecule has 1 aliphatic rings. The van der Waals surface area contributed by atoms with Crippen molar-refractivity contribution >= 4 is 44.5 Å². The number of esters is 1. The Labute approximate surface area is 225 Å². The van der Waals surface area contributed by atoms with E-state index >= 15 is 0 Å². The van der Waals surface area contributed by atoms with Crippen molar-refractivity contribution in [3.05, 3.63) is 53.3 Å². The van der Waals surface area contributed by atoms with E-state index in [4.69, 9.17) is 9.15 Å². The van der Waals surface area contributed by atoms with Crippen LogP contribution in [-0.2, 0) is 24.3 Å². The number of fused-ring (bicyclic) bond motifs is 1. The number of furan rings is 1. The van der Waals surface area contributed by atoms with Crippen LogP contribution in [0, 0.1) is 5.82 Å². The third-order valence-corrected chi connectivity index (χ3v) is 7.65. The Kier molecular flexibility index (Phi) is 7.44. The molecule has 0 spiro atoms. The fraction of sp³-hybridized carbons (Fsp3) is 0.370. The summed E-state index contributed by atoms with van der Waals surface area (Å²) in [5, 5.41) is 5.58. The van der Waals surface area contributed by atoms with Gasteiger partial charge in [0, 0.05) is 24.1 Å². The van der Waals surface area contributed by atoms with Crippen LogP contribution >= 0.6 is 0 Å². The number of benzene rings is 2. The molecule has 0 atom stereocenters. The highest BCUT2D eigenvalue weighted by molar-refractivity contribution is 7.92. The number of carbonyl (C=O) groups is 3. The first-order valence-corrected chi connectivity index (χ1v) is 14.1. The highest BCUT2D eigenvalue weighted by atomic mass is 32.2. The Balaban J connectivity index is 1.86. The molecule has 0 unspecified atom stereocenters. The predicted molar refractivity (Wildman–Crippen MR) is 143 cm³/mol. The molecule has 1 aromatic heterocycles. The van der Waals surface area contributed by atoms with Crippen molar-refractivity contribution in [2.24, 2.45) is 0 Å². The van der Waals surface area contributed by atoms with Crippen molar-refractivity contribution in [2.75, 3.05) is 31.3 Å². The van der Waals surface area contributed by atoms with Crippen LogP contribution in [0.5, 0.6) is 0 Å². The second kappa shape index (κ2) is 10.3. The summed E-state index contributed by atoms with van der Waals surface area (Å²) in [4.78, 5) is 37.9. The molecule has 1 saturated carbocycles. The smallest absolute Gasteiger partial charge is 0.330 e. The van der Waals surface area contributed by atoms with Gasteiger partial charge in [-0.3, -0.25) is 13.9 Å². The largest absolute Gasteiger partial charge is 0.467 e. The molecule has 2 amide bonds. The molecule has 0 radical (unpaired) electrons. The Bertz CT molecular complexity index is 1560. The monoisotopic (exact) mass is 559 g/mol. The number of carbonyl (C=O) groups excluding carboxylic acids is 3. The van der Waals surface area contributed by atoms with Gasteiger partial charge in [0.05, 0.1) is 24.6 Å². The van der Waals surface area contributed by atoms with Crippen LogP contribution in [0.1, 0.15) is 48.5 Å². The molecule has 1 heterocycles. The Morgan fingerprint density at radius 2 is 1.79 bits per heavy atom. The quantitative estimate of drug-likeness (QED) is 0.384. The molecule has 0 saturated heterocycles. The number of methoxy groups -OCH3 is 1. The van der Waals surface area contributed by atoms with E-state index in [0.717, 1.165) is 23.4 Å². The Morgan fingerprint density at radius 3 is 2.33 bits per heavy atom. The molecule has 12 heteroatoms. The summed E-state index contributed by atoms with van der Waals surface area (Å²) in [6.45, 7) is 2.30. The number of hydrogen-bond acceptors (Lipinski definition) is 7. The third kappa shape index (κ3) is 5.75. The lowest BCUT2D eigenvalue weighted by atomic mass is 10.0. The second-order valence-corrected chi connectivity index (χ2v) is 11.9. The van der Waals surface area contributed by atoms with Gasteiger partial charge >= 0.3 is 5.97 Å². The summed E-state index contributed by atoms with van der Waals surface area (Å²) in [6.07, 6.45) is 2.58. The van der Waals surface area contributed by atoms with Gasteiger partial charge in [0.1, 0.15) is 29.2 Å². The molecule has 3 aromatic rings. The van der Waals surface area contributed by atoms with Gasteiger partial charge in [0.2, 0.25) is 15.9 Å². The van der Waals surface area contributed by atoms with Gasteiger partial charge in [-0.15, -0.1) is 0 Å². The number of hydrogen-bond donors (Lipinski definition) is 2. The maximum Gasteiger partial charge on any atom is 0.330 e. The zero-order valence-corrected chi connectivity index (χ0v) is 23.1. The molecule has 4 rings (SSSR count). The summed E-state index contributed by atoms with van der Waals surface area (Å²) in [7, 11) is -1.31. The van der Waals surface area contributed by atoms with Crippen LogP contribution in [-0.4, -0.2) is 58.7 Å². The molecule has 2 aromatic carbocycles. The highest BCUT2D eigenvalue weighted by Crippen LogP contribution is 2.48. The molecule has 0 aliphatic heterocycles. The molecular formula is C27H30FN3O7S. The first kappa shape index (κ1) is 28.1. The Hall–Kier alpha value is -3.93. The normalized spacial score (nSPS) is 13.7. The molecular weight excluding hydrogens is 529 g/mol. The van der Waals surface area contributed by atoms with Crippen LogP contribution in [0.2, 0.25) is 0 Å². The average molecular weight is 560 g/mol. The van der Waals surface area contributed by atoms with Crippen molar-refractivity contribution in [3.8, 4) is 11.3 Å². The SMILES string of the molecule is CNC(=O)c1c(-c2ccc(F)cc2)oc2cc(N(CC(=O)NC(C)(C)C(=O)OC)S(C)(=O)=O)c(C3CC3)cc12. The Morgan fingerprint density at radius 1 is 1.15 bits per heavy atom. The minimum atomic E-state index is -3.98. The summed E-state index contributed by atoms with van der Waals surface area (Å²) < 4.78 is 51.2. The summed E-state index contributed by atoms with van der Waals surface area (Å²) in [6, 6.07) is 8.69. The lowest BCUT2D eigenvalue weighted by Gasteiger charge is -2.28. The summed E-state index contributed by atoms with van der Waals surface area (Å²) >= 11 is 0. The summed E-state index contributed by atoms with van der Waals surface area (Å²) in [5.41, 5.74) is 0.412. The number of halogens is 1. The van der Waals surface area contributed by atoms with E-state index < -0.39 is 45.7 Å². The van der Waals surface area contributed by atoms with Crippen molar-refractivity contribution in [2.45, 2.75) is 38.1 Å². The molecule has 10 nitrogen and oxygen atoms in total. The molecule has 1 aliphatic carbocycles. The topological polar surface area (TPSA) is 135 Å².